The highest BCUT2D eigenvalue weighted by atomic mass is 16.2. The molecule has 1 N–H and O–H groups in total. The molecule has 2 rings (SSSR count). The van der Waals surface area contributed by atoms with Gasteiger partial charge in [-0.3, -0.25) is 4.79 Å². The molecule has 1 amide bonds. The van der Waals surface area contributed by atoms with E-state index in [2.05, 4.69) is 11.4 Å². The zero-order valence-electron chi connectivity index (χ0n) is 11.4. The van der Waals surface area contributed by atoms with Crippen molar-refractivity contribution in [3.8, 4) is 6.07 Å². The summed E-state index contributed by atoms with van der Waals surface area (Å²) in [5.74, 6) is 0.0912. The summed E-state index contributed by atoms with van der Waals surface area (Å²) >= 11 is 0. The van der Waals surface area contributed by atoms with E-state index in [1.165, 1.54) is 0 Å². The van der Waals surface area contributed by atoms with E-state index in [0.717, 1.165) is 24.2 Å². The molecule has 19 heavy (non-hydrogen) atoms. The number of benzene rings is 1. The molecule has 0 aromatic heterocycles. The van der Waals surface area contributed by atoms with Gasteiger partial charge in [-0.05, 0) is 38.8 Å². The van der Waals surface area contributed by atoms with Crippen LogP contribution in [0.4, 0.5) is 11.4 Å². The smallest absolute Gasteiger partial charge is 0.246 e. The monoisotopic (exact) mass is 257 g/mol. The van der Waals surface area contributed by atoms with E-state index < -0.39 is 0 Å². The molecular formula is C15H19N3O. The Labute approximate surface area is 114 Å². The largest absolute Gasteiger partial charge is 0.374 e. The van der Waals surface area contributed by atoms with Gasteiger partial charge in [-0.1, -0.05) is 12.1 Å². The molecule has 0 radical (unpaired) electrons. The van der Waals surface area contributed by atoms with Crippen molar-refractivity contribution < 1.29 is 4.79 Å². The summed E-state index contributed by atoms with van der Waals surface area (Å²) < 4.78 is 0. The zero-order chi connectivity index (χ0) is 13.9. The fraction of sp³-hybridized carbons (Fsp3) is 0.467. The summed E-state index contributed by atoms with van der Waals surface area (Å²) in [5.41, 5.74) is 1.62. The van der Waals surface area contributed by atoms with Crippen molar-refractivity contribution in [2.45, 2.75) is 26.7 Å². The highest BCUT2D eigenvalue weighted by Crippen LogP contribution is 2.30. The quantitative estimate of drug-likeness (QED) is 0.902. The van der Waals surface area contributed by atoms with Gasteiger partial charge in [0.05, 0.1) is 29.4 Å². The molecule has 0 aliphatic carbocycles. The van der Waals surface area contributed by atoms with Crippen LogP contribution in [0.2, 0.25) is 0 Å². The molecule has 0 bridgehead atoms. The van der Waals surface area contributed by atoms with Crippen LogP contribution in [0.3, 0.4) is 0 Å². The lowest BCUT2D eigenvalue weighted by atomic mass is 9.90. The summed E-state index contributed by atoms with van der Waals surface area (Å²) in [6.07, 6.45) is 1.63. The number of anilines is 2. The Morgan fingerprint density at radius 3 is 2.89 bits per heavy atom. The van der Waals surface area contributed by atoms with Gasteiger partial charge >= 0.3 is 0 Å². The number of fused-ring (bicyclic) bond motifs is 1. The summed E-state index contributed by atoms with van der Waals surface area (Å²) in [6, 6.07) is 10.1. The van der Waals surface area contributed by atoms with Gasteiger partial charge in [-0.15, -0.1) is 0 Å². The second-order valence-electron chi connectivity index (χ2n) is 5.52. The molecule has 0 unspecified atom stereocenters. The van der Waals surface area contributed by atoms with Gasteiger partial charge in [-0.2, -0.15) is 5.26 Å². The number of hydrogen-bond donors (Lipinski definition) is 1. The molecule has 4 nitrogen and oxygen atoms in total. The van der Waals surface area contributed by atoms with Crippen LogP contribution in [0.25, 0.3) is 0 Å². The van der Waals surface area contributed by atoms with E-state index in [1.54, 1.807) is 0 Å². The van der Waals surface area contributed by atoms with Crippen molar-refractivity contribution in [2.24, 2.45) is 5.41 Å². The van der Waals surface area contributed by atoms with Gasteiger partial charge < -0.3 is 10.2 Å². The third-order valence-corrected chi connectivity index (χ3v) is 3.41. The number of nitriles is 1. The topological polar surface area (TPSA) is 56.1 Å². The van der Waals surface area contributed by atoms with Crippen molar-refractivity contribution in [1.82, 2.24) is 0 Å². The van der Waals surface area contributed by atoms with Crippen LogP contribution >= 0.6 is 0 Å². The molecule has 1 aromatic rings. The number of hydrogen-bond acceptors (Lipinski definition) is 3. The SMILES string of the molecule is CC(C)(C#N)CCCN1C(=O)CNc2ccccc21. The molecule has 0 saturated carbocycles. The Bertz CT molecular complexity index is 516. The Morgan fingerprint density at radius 1 is 1.42 bits per heavy atom. The lowest BCUT2D eigenvalue weighted by molar-refractivity contribution is -0.117. The molecule has 1 aliphatic rings. The lowest BCUT2D eigenvalue weighted by Crippen LogP contribution is -2.40. The van der Waals surface area contributed by atoms with Gasteiger partial charge in [0.25, 0.3) is 0 Å². The number of nitrogens with one attached hydrogen (secondary N) is 1. The highest BCUT2D eigenvalue weighted by Gasteiger charge is 2.24. The van der Waals surface area contributed by atoms with Gasteiger partial charge in [0.1, 0.15) is 0 Å². The van der Waals surface area contributed by atoms with E-state index >= 15 is 0 Å². The van der Waals surface area contributed by atoms with Gasteiger partial charge in [-0.25, -0.2) is 0 Å². The molecule has 1 heterocycles. The minimum Gasteiger partial charge on any atom is -0.374 e. The number of amides is 1. The van der Waals surface area contributed by atoms with Crippen molar-refractivity contribution >= 4 is 17.3 Å². The molecule has 0 fully saturated rings. The third kappa shape index (κ3) is 3.05. The summed E-state index contributed by atoms with van der Waals surface area (Å²) in [7, 11) is 0. The first-order chi connectivity index (χ1) is 9.03. The molecule has 4 heteroatoms. The molecule has 100 valence electrons. The third-order valence-electron chi connectivity index (χ3n) is 3.41. The van der Waals surface area contributed by atoms with Crippen molar-refractivity contribution in [3.05, 3.63) is 24.3 Å². The second-order valence-corrected chi connectivity index (χ2v) is 5.52. The van der Waals surface area contributed by atoms with E-state index in [4.69, 9.17) is 5.26 Å². The summed E-state index contributed by atoms with van der Waals surface area (Å²) in [4.78, 5) is 13.8. The second kappa shape index (κ2) is 5.31. The van der Waals surface area contributed by atoms with Crippen LogP contribution < -0.4 is 10.2 Å². The van der Waals surface area contributed by atoms with Crippen molar-refractivity contribution in [3.63, 3.8) is 0 Å². The van der Waals surface area contributed by atoms with Crippen LogP contribution in [0.15, 0.2) is 24.3 Å². The lowest BCUT2D eigenvalue weighted by Gasteiger charge is -2.30. The number of nitrogens with zero attached hydrogens (tertiary/aromatic N) is 2. The average molecular weight is 257 g/mol. The van der Waals surface area contributed by atoms with Gasteiger partial charge in [0, 0.05) is 6.54 Å². The minimum atomic E-state index is -0.323. The Kier molecular flexibility index (Phi) is 3.75. The first-order valence-electron chi connectivity index (χ1n) is 6.58. The summed E-state index contributed by atoms with van der Waals surface area (Å²) in [5, 5.41) is 12.1. The molecule has 1 aliphatic heterocycles. The van der Waals surface area contributed by atoms with Crippen LogP contribution in [0.1, 0.15) is 26.7 Å². The molecule has 0 atom stereocenters. The van der Waals surface area contributed by atoms with Crippen LogP contribution in [-0.4, -0.2) is 19.0 Å². The first kappa shape index (κ1) is 13.4. The van der Waals surface area contributed by atoms with E-state index in [1.807, 2.05) is 43.0 Å². The zero-order valence-corrected chi connectivity index (χ0v) is 11.4. The summed E-state index contributed by atoms with van der Waals surface area (Å²) in [6.45, 7) is 4.88. The van der Waals surface area contributed by atoms with Crippen LogP contribution in [0.5, 0.6) is 0 Å². The minimum absolute atomic E-state index is 0.0912. The first-order valence-corrected chi connectivity index (χ1v) is 6.58. The number of carbonyl (C=O) groups is 1. The predicted molar refractivity (Wildman–Crippen MR) is 75.9 cm³/mol. The standard InChI is InChI=1S/C15H19N3O/c1-15(2,11-16)8-5-9-18-13-7-4-3-6-12(13)17-10-14(18)19/h3-4,6-7,17H,5,8-10H2,1-2H3. The fourth-order valence-electron chi connectivity index (χ4n) is 2.24. The molecule has 0 spiro atoms. The number of carbonyl (C=O) groups excluding carboxylic acids is 1. The number of para-hydroxylation sites is 2. The Balaban J connectivity index is 2.04. The predicted octanol–water partition coefficient (Wildman–Crippen LogP) is 2.78. The number of rotatable bonds is 4. The Hall–Kier alpha value is -2.02. The van der Waals surface area contributed by atoms with Crippen LogP contribution in [-0.2, 0) is 4.79 Å². The maximum absolute atomic E-state index is 12.0. The maximum Gasteiger partial charge on any atom is 0.246 e. The highest BCUT2D eigenvalue weighted by molar-refractivity contribution is 6.02. The van der Waals surface area contributed by atoms with E-state index in [9.17, 15) is 4.79 Å². The van der Waals surface area contributed by atoms with E-state index in [-0.39, 0.29) is 11.3 Å². The average Bonchev–Trinajstić information content (AvgIpc) is 2.41. The normalized spacial score (nSPS) is 14.6. The van der Waals surface area contributed by atoms with E-state index in [0.29, 0.717) is 13.1 Å². The molecular weight excluding hydrogens is 238 g/mol. The van der Waals surface area contributed by atoms with Crippen molar-refractivity contribution in [2.75, 3.05) is 23.3 Å². The van der Waals surface area contributed by atoms with Gasteiger partial charge in [0.15, 0.2) is 0 Å². The molecule has 1 aromatic carbocycles. The van der Waals surface area contributed by atoms with Crippen molar-refractivity contribution in [1.29, 1.82) is 5.26 Å². The maximum atomic E-state index is 12.0. The van der Waals surface area contributed by atoms with Crippen LogP contribution in [0, 0.1) is 16.7 Å². The Morgan fingerprint density at radius 2 is 2.16 bits per heavy atom. The van der Waals surface area contributed by atoms with Gasteiger partial charge in [0.2, 0.25) is 5.91 Å². The molecule has 0 saturated heterocycles. The fourth-order valence-corrected chi connectivity index (χ4v) is 2.24.